The van der Waals surface area contributed by atoms with Gasteiger partial charge in [0.1, 0.15) is 15.9 Å². The average molecular weight is 270 g/mol. The van der Waals surface area contributed by atoms with Crippen LogP contribution in [0.5, 0.6) is 0 Å². The third kappa shape index (κ3) is 2.98. The number of halogens is 1. The van der Waals surface area contributed by atoms with Crippen LogP contribution in [-0.2, 0) is 6.42 Å². The molecular formula is C10H8ClN3O2S. The zero-order valence-electron chi connectivity index (χ0n) is 8.85. The molecule has 1 N–H and O–H groups in total. The molecule has 0 bridgehead atoms. The maximum absolute atomic E-state index is 10.7. The Morgan fingerprint density at radius 2 is 2.29 bits per heavy atom. The van der Waals surface area contributed by atoms with Crippen LogP contribution in [0, 0.1) is 6.92 Å². The highest BCUT2D eigenvalue weighted by Gasteiger charge is 2.10. The zero-order chi connectivity index (χ0) is 12.4. The summed E-state index contributed by atoms with van der Waals surface area (Å²) < 4.78 is 0. The Kier molecular flexibility index (Phi) is 3.35. The molecule has 2 aromatic heterocycles. The van der Waals surface area contributed by atoms with E-state index in [9.17, 15) is 4.79 Å². The average Bonchev–Trinajstić information content (AvgIpc) is 2.64. The minimum absolute atomic E-state index is 0.219. The Hall–Kier alpha value is -1.53. The number of thiazole rings is 1. The smallest absolute Gasteiger partial charge is 0.347 e. The van der Waals surface area contributed by atoms with Gasteiger partial charge in [0.25, 0.3) is 0 Å². The number of carbonyl (C=O) groups is 1. The van der Waals surface area contributed by atoms with E-state index in [4.69, 9.17) is 16.7 Å². The molecular weight excluding hydrogens is 262 g/mol. The number of rotatable bonds is 3. The summed E-state index contributed by atoms with van der Waals surface area (Å²) in [6, 6.07) is 1.65. The Balaban J connectivity index is 2.22. The first-order valence-electron chi connectivity index (χ1n) is 4.72. The highest BCUT2D eigenvalue weighted by molar-refractivity contribution is 7.13. The number of carboxylic acid groups (broad SMARTS) is 1. The topological polar surface area (TPSA) is 76.0 Å². The number of hydrogen-bond acceptors (Lipinski definition) is 5. The van der Waals surface area contributed by atoms with Gasteiger partial charge in [-0.1, -0.05) is 11.6 Å². The zero-order valence-corrected chi connectivity index (χ0v) is 10.4. The third-order valence-electron chi connectivity index (χ3n) is 1.96. The van der Waals surface area contributed by atoms with Crippen molar-refractivity contribution in [2.24, 2.45) is 0 Å². The number of aryl methyl sites for hydroxylation is 1. The van der Waals surface area contributed by atoms with Crippen LogP contribution in [0.25, 0.3) is 0 Å². The first kappa shape index (κ1) is 11.9. The second-order valence-corrected chi connectivity index (χ2v) is 4.83. The van der Waals surface area contributed by atoms with Crippen LogP contribution in [0.4, 0.5) is 0 Å². The number of hydrogen-bond donors (Lipinski definition) is 1. The lowest BCUT2D eigenvalue weighted by Gasteiger charge is -1.99. The summed E-state index contributed by atoms with van der Waals surface area (Å²) in [6.07, 6.45) is 1.80. The van der Waals surface area contributed by atoms with Crippen molar-refractivity contribution in [2.75, 3.05) is 0 Å². The van der Waals surface area contributed by atoms with E-state index in [-0.39, 0.29) is 4.88 Å². The molecule has 0 amide bonds. The van der Waals surface area contributed by atoms with Crippen molar-refractivity contribution in [2.45, 2.75) is 13.3 Å². The molecule has 0 saturated carbocycles. The van der Waals surface area contributed by atoms with Crippen LogP contribution < -0.4 is 0 Å². The molecule has 88 valence electrons. The van der Waals surface area contributed by atoms with Crippen LogP contribution in [0.15, 0.2) is 12.3 Å². The highest BCUT2D eigenvalue weighted by atomic mass is 35.5. The second-order valence-electron chi connectivity index (χ2n) is 3.33. The van der Waals surface area contributed by atoms with Crippen LogP contribution in [0.1, 0.15) is 26.2 Å². The predicted molar refractivity (Wildman–Crippen MR) is 63.7 cm³/mol. The van der Waals surface area contributed by atoms with Crippen molar-refractivity contribution in [1.82, 2.24) is 15.0 Å². The van der Waals surface area contributed by atoms with Crippen molar-refractivity contribution in [3.63, 3.8) is 0 Å². The van der Waals surface area contributed by atoms with Crippen molar-refractivity contribution in [1.29, 1.82) is 0 Å². The monoisotopic (exact) mass is 269 g/mol. The van der Waals surface area contributed by atoms with Crippen LogP contribution in [-0.4, -0.2) is 26.0 Å². The molecule has 0 atom stereocenters. The first-order chi connectivity index (χ1) is 8.04. The first-order valence-corrected chi connectivity index (χ1v) is 5.92. The molecule has 0 aliphatic rings. The second kappa shape index (κ2) is 4.77. The van der Waals surface area contributed by atoms with Gasteiger partial charge in [0.05, 0.1) is 16.9 Å². The lowest BCUT2D eigenvalue weighted by atomic mass is 10.3. The molecule has 0 spiro atoms. The van der Waals surface area contributed by atoms with Gasteiger partial charge < -0.3 is 5.11 Å². The summed E-state index contributed by atoms with van der Waals surface area (Å²) in [5, 5.41) is 9.84. The van der Waals surface area contributed by atoms with E-state index in [0.717, 1.165) is 17.0 Å². The molecule has 2 rings (SSSR count). The third-order valence-corrected chi connectivity index (χ3v) is 3.14. The number of aromatic carboxylic acids is 1. The molecule has 0 aliphatic heterocycles. The van der Waals surface area contributed by atoms with Crippen LogP contribution in [0.2, 0.25) is 5.15 Å². The van der Waals surface area contributed by atoms with Gasteiger partial charge in [0, 0.05) is 6.42 Å². The Labute approximate surface area is 106 Å². The van der Waals surface area contributed by atoms with Crippen LogP contribution >= 0.6 is 22.9 Å². The summed E-state index contributed by atoms with van der Waals surface area (Å²) in [5.74, 6) is -0.381. The van der Waals surface area contributed by atoms with Crippen LogP contribution in [0.3, 0.4) is 0 Å². The van der Waals surface area contributed by atoms with Gasteiger partial charge in [-0.05, 0) is 13.0 Å². The molecule has 5 nitrogen and oxygen atoms in total. The molecule has 2 aromatic rings. The van der Waals surface area contributed by atoms with Gasteiger partial charge in [-0.25, -0.2) is 19.7 Å². The number of nitrogens with zero attached hydrogens (tertiary/aromatic N) is 3. The summed E-state index contributed by atoms with van der Waals surface area (Å²) in [4.78, 5) is 23.1. The van der Waals surface area contributed by atoms with Crippen molar-refractivity contribution in [3.05, 3.63) is 38.8 Å². The lowest BCUT2D eigenvalue weighted by molar-refractivity contribution is 0.0702. The fourth-order valence-electron chi connectivity index (χ4n) is 1.33. The summed E-state index contributed by atoms with van der Waals surface area (Å²) in [6.45, 7) is 1.75. The largest absolute Gasteiger partial charge is 0.477 e. The van der Waals surface area contributed by atoms with Crippen molar-refractivity contribution < 1.29 is 9.90 Å². The molecule has 0 saturated heterocycles. The molecule has 2 heterocycles. The Morgan fingerprint density at radius 1 is 1.53 bits per heavy atom. The fourth-order valence-corrected chi connectivity index (χ4v) is 2.35. The van der Waals surface area contributed by atoms with Gasteiger partial charge in [-0.3, -0.25) is 0 Å². The van der Waals surface area contributed by atoms with E-state index in [2.05, 4.69) is 15.0 Å². The van der Waals surface area contributed by atoms with E-state index in [1.54, 1.807) is 13.0 Å². The molecule has 0 fully saturated rings. The quantitative estimate of drug-likeness (QED) is 0.865. The van der Waals surface area contributed by atoms with Gasteiger partial charge in [0.2, 0.25) is 0 Å². The SMILES string of the molecule is Cc1nc(Cl)cc(Cc2ncc(C(=O)O)s2)n1. The maximum atomic E-state index is 10.7. The van der Waals surface area contributed by atoms with E-state index in [1.165, 1.54) is 6.20 Å². The Bertz CT molecular complexity index is 550. The predicted octanol–water partition coefficient (Wildman–Crippen LogP) is 2.18. The summed E-state index contributed by atoms with van der Waals surface area (Å²) >= 11 is 6.94. The van der Waals surface area contributed by atoms with Gasteiger partial charge in [0.15, 0.2) is 0 Å². The lowest BCUT2D eigenvalue weighted by Crippen LogP contribution is -1.96. The minimum atomic E-state index is -0.967. The Morgan fingerprint density at radius 3 is 2.88 bits per heavy atom. The highest BCUT2D eigenvalue weighted by Crippen LogP contribution is 2.17. The molecule has 17 heavy (non-hydrogen) atoms. The molecule has 0 radical (unpaired) electrons. The van der Waals surface area contributed by atoms with E-state index in [1.807, 2.05) is 0 Å². The van der Waals surface area contributed by atoms with Gasteiger partial charge in [-0.15, -0.1) is 11.3 Å². The molecule has 0 unspecified atom stereocenters. The maximum Gasteiger partial charge on any atom is 0.347 e. The standard InChI is InChI=1S/C10H8ClN3O2S/c1-5-13-6(2-8(11)14-5)3-9-12-4-7(17-9)10(15)16/h2,4H,3H2,1H3,(H,15,16). The number of carboxylic acids is 1. The molecule has 0 aromatic carbocycles. The molecule has 0 aliphatic carbocycles. The van der Waals surface area contributed by atoms with E-state index >= 15 is 0 Å². The van der Waals surface area contributed by atoms with Gasteiger partial charge in [-0.2, -0.15) is 0 Å². The summed E-state index contributed by atoms with van der Waals surface area (Å²) in [7, 11) is 0. The fraction of sp³-hybridized carbons (Fsp3) is 0.200. The van der Waals surface area contributed by atoms with Crippen molar-refractivity contribution in [3.8, 4) is 0 Å². The number of aromatic nitrogens is 3. The normalized spacial score (nSPS) is 10.5. The minimum Gasteiger partial charge on any atom is -0.477 e. The van der Waals surface area contributed by atoms with E-state index < -0.39 is 5.97 Å². The van der Waals surface area contributed by atoms with Gasteiger partial charge >= 0.3 is 5.97 Å². The van der Waals surface area contributed by atoms with Crippen molar-refractivity contribution >= 4 is 28.9 Å². The molecule has 7 heteroatoms. The summed E-state index contributed by atoms with van der Waals surface area (Å²) in [5.41, 5.74) is 0.730. The van der Waals surface area contributed by atoms with E-state index in [0.29, 0.717) is 22.4 Å².